The van der Waals surface area contributed by atoms with Crippen LogP contribution in [0.25, 0.3) is 0 Å². The molecule has 0 bridgehead atoms. The molecule has 0 spiro atoms. The predicted molar refractivity (Wildman–Crippen MR) is 65.3 cm³/mol. The van der Waals surface area contributed by atoms with Gasteiger partial charge in [-0.1, -0.05) is 6.92 Å². The molecule has 0 fully saturated rings. The Hall–Kier alpha value is -1.20. The lowest BCUT2D eigenvalue weighted by Gasteiger charge is -2.19. The zero-order valence-corrected chi connectivity index (χ0v) is 10.3. The van der Waals surface area contributed by atoms with Gasteiger partial charge in [-0.2, -0.15) is 5.10 Å². The van der Waals surface area contributed by atoms with Gasteiger partial charge in [0.25, 0.3) is 0 Å². The van der Waals surface area contributed by atoms with Crippen LogP contribution in [-0.2, 0) is 0 Å². The van der Waals surface area contributed by atoms with Gasteiger partial charge in [0, 0.05) is 23.8 Å². The second-order valence-electron chi connectivity index (χ2n) is 3.73. The van der Waals surface area contributed by atoms with E-state index in [1.165, 1.54) is 0 Å². The van der Waals surface area contributed by atoms with E-state index < -0.39 is 0 Å². The maximum absolute atomic E-state index is 4.35. The van der Waals surface area contributed by atoms with Gasteiger partial charge in [0.15, 0.2) is 0 Å². The summed E-state index contributed by atoms with van der Waals surface area (Å²) >= 11 is 1.70. The van der Waals surface area contributed by atoms with E-state index in [1.54, 1.807) is 17.5 Å². The van der Waals surface area contributed by atoms with Crippen molar-refractivity contribution in [2.24, 2.45) is 0 Å². The highest BCUT2D eigenvalue weighted by atomic mass is 32.1. The fourth-order valence-corrected chi connectivity index (χ4v) is 2.45. The molecule has 2 aromatic heterocycles. The van der Waals surface area contributed by atoms with E-state index in [1.807, 2.05) is 17.6 Å². The molecule has 2 atom stereocenters. The molecule has 2 aromatic rings. The SMILES string of the molecule is CCC(NC(C)c1ccn[nH]1)c1nccs1. The number of nitrogens with one attached hydrogen (secondary N) is 2. The number of hydrogen-bond acceptors (Lipinski definition) is 4. The third-order valence-electron chi connectivity index (χ3n) is 2.60. The van der Waals surface area contributed by atoms with E-state index in [0.29, 0.717) is 6.04 Å². The van der Waals surface area contributed by atoms with E-state index in [4.69, 9.17) is 0 Å². The Labute approximate surface area is 99.1 Å². The molecule has 0 amide bonds. The van der Waals surface area contributed by atoms with Crippen molar-refractivity contribution in [3.63, 3.8) is 0 Å². The largest absolute Gasteiger partial charge is 0.300 e. The lowest BCUT2D eigenvalue weighted by atomic mass is 10.1. The van der Waals surface area contributed by atoms with Gasteiger partial charge in [0.1, 0.15) is 5.01 Å². The van der Waals surface area contributed by atoms with Gasteiger partial charge in [0.05, 0.1) is 11.7 Å². The second kappa shape index (κ2) is 5.23. The first-order valence-corrected chi connectivity index (χ1v) is 6.34. The summed E-state index contributed by atoms with van der Waals surface area (Å²) in [5.74, 6) is 0. The first kappa shape index (κ1) is 11.3. The Morgan fingerprint density at radius 2 is 2.38 bits per heavy atom. The zero-order chi connectivity index (χ0) is 11.4. The molecule has 0 radical (unpaired) electrons. The third-order valence-corrected chi connectivity index (χ3v) is 3.49. The fraction of sp³-hybridized carbons (Fsp3) is 0.455. The predicted octanol–water partition coefficient (Wildman–Crippen LogP) is 2.67. The van der Waals surface area contributed by atoms with Gasteiger partial charge in [-0.3, -0.25) is 10.4 Å². The summed E-state index contributed by atoms with van der Waals surface area (Å²) < 4.78 is 0. The highest BCUT2D eigenvalue weighted by Crippen LogP contribution is 2.22. The number of aromatic nitrogens is 3. The maximum Gasteiger partial charge on any atom is 0.109 e. The minimum atomic E-state index is 0.261. The van der Waals surface area contributed by atoms with Crippen molar-refractivity contribution < 1.29 is 0 Å². The Balaban J connectivity index is 2.02. The summed E-state index contributed by atoms with van der Waals surface area (Å²) in [6, 6.07) is 2.57. The van der Waals surface area contributed by atoms with Gasteiger partial charge in [0.2, 0.25) is 0 Å². The number of aromatic amines is 1. The normalized spacial score (nSPS) is 14.9. The molecule has 2 rings (SSSR count). The average Bonchev–Trinajstić information content (AvgIpc) is 2.96. The minimum Gasteiger partial charge on any atom is -0.300 e. The molecular weight excluding hydrogens is 220 g/mol. The molecule has 16 heavy (non-hydrogen) atoms. The summed E-state index contributed by atoms with van der Waals surface area (Å²) in [4.78, 5) is 4.35. The summed E-state index contributed by atoms with van der Waals surface area (Å²) in [6.45, 7) is 4.29. The van der Waals surface area contributed by atoms with E-state index in [9.17, 15) is 0 Å². The molecule has 4 nitrogen and oxygen atoms in total. The van der Waals surface area contributed by atoms with Crippen molar-refractivity contribution in [2.75, 3.05) is 0 Å². The molecule has 2 N–H and O–H groups in total. The molecule has 0 aliphatic rings. The van der Waals surface area contributed by atoms with Gasteiger partial charge in [-0.25, -0.2) is 4.98 Å². The van der Waals surface area contributed by atoms with E-state index in [2.05, 4.69) is 34.3 Å². The quantitative estimate of drug-likeness (QED) is 0.839. The third kappa shape index (κ3) is 2.48. The van der Waals surface area contributed by atoms with Crippen molar-refractivity contribution in [1.29, 1.82) is 0 Å². The Morgan fingerprint density at radius 1 is 1.50 bits per heavy atom. The van der Waals surface area contributed by atoms with Crippen molar-refractivity contribution in [1.82, 2.24) is 20.5 Å². The van der Waals surface area contributed by atoms with Crippen molar-refractivity contribution in [3.05, 3.63) is 34.5 Å². The van der Waals surface area contributed by atoms with Crippen LogP contribution in [0.2, 0.25) is 0 Å². The van der Waals surface area contributed by atoms with Gasteiger partial charge in [-0.15, -0.1) is 11.3 Å². The first-order valence-electron chi connectivity index (χ1n) is 5.46. The van der Waals surface area contributed by atoms with Crippen LogP contribution in [0, 0.1) is 0 Å². The summed E-state index contributed by atoms with van der Waals surface area (Å²) in [5, 5.41) is 13.7. The number of rotatable bonds is 5. The topological polar surface area (TPSA) is 53.6 Å². The van der Waals surface area contributed by atoms with Gasteiger partial charge < -0.3 is 0 Å². The second-order valence-corrected chi connectivity index (χ2v) is 4.66. The summed E-state index contributed by atoms with van der Waals surface area (Å²) in [5.41, 5.74) is 1.11. The van der Waals surface area contributed by atoms with Gasteiger partial charge >= 0.3 is 0 Å². The van der Waals surface area contributed by atoms with Crippen LogP contribution in [0.1, 0.15) is 43.1 Å². The Kier molecular flexibility index (Phi) is 3.69. The van der Waals surface area contributed by atoms with Crippen molar-refractivity contribution in [3.8, 4) is 0 Å². The number of H-pyrrole nitrogens is 1. The summed E-state index contributed by atoms with van der Waals surface area (Å²) in [6.07, 6.45) is 4.66. The molecule has 86 valence electrons. The minimum absolute atomic E-state index is 0.261. The molecule has 0 saturated heterocycles. The van der Waals surface area contributed by atoms with Crippen LogP contribution >= 0.6 is 11.3 Å². The number of hydrogen-bond donors (Lipinski definition) is 2. The monoisotopic (exact) mass is 236 g/mol. The molecule has 0 aromatic carbocycles. The van der Waals surface area contributed by atoms with Crippen LogP contribution in [0.5, 0.6) is 0 Å². The van der Waals surface area contributed by atoms with E-state index in [0.717, 1.165) is 17.1 Å². The molecule has 0 aliphatic heterocycles. The van der Waals surface area contributed by atoms with Crippen LogP contribution in [0.3, 0.4) is 0 Å². The highest BCUT2D eigenvalue weighted by molar-refractivity contribution is 7.09. The van der Waals surface area contributed by atoms with E-state index >= 15 is 0 Å². The standard InChI is InChI=1S/C11H16N4S/c1-3-9(11-12-6-7-16-11)14-8(2)10-4-5-13-15-10/h4-9,14H,3H2,1-2H3,(H,13,15). The van der Waals surface area contributed by atoms with Crippen LogP contribution in [0.15, 0.2) is 23.8 Å². The zero-order valence-electron chi connectivity index (χ0n) is 9.47. The lowest BCUT2D eigenvalue weighted by molar-refractivity contribution is 0.448. The highest BCUT2D eigenvalue weighted by Gasteiger charge is 2.16. The van der Waals surface area contributed by atoms with Gasteiger partial charge in [-0.05, 0) is 19.4 Å². The number of thiazole rings is 1. The van der Waals surface area contributed by atoms with Crippen LogP contribution in [-0.4, -0.2) is 15.2 Å². The van der Waals surface area contributed by atoms with Crippen molar-refractivity contribution >= 4 is 11.3 Å². The van der Waals surface area contributed by atoms with Crippen LogP contribution < -0.4 is 5.32 Å². The van der Waals surface area contributed by atoms with Crippen LogP contribution in [0.4, 0.5) is 0 Å². The average molecular weight is 236 g/mol. The Bertz CT molecular complexity index is 396. The smallest absolute Gasteiger partial charge is 0.109 e. The fourth-order valence-electron chi connectivity index (χ4n) is 1.67. The van der Waals surface area contributed by atoms with Crippen molar-refractivity contribution in [2.45, 2.75) is 32.4 Å². The molecule has 2 unspecified atom stereocenters. The van der Waals surface area contributed by atoms with E-state index in [-0.39, 0.29) is 6.04 Å². The first-order chi connectivity index (χ1) is 7.81. The molecule has 2 heterocycles. The summed E-state index contributed by atoms with van der Waals surface area (Å²) in [7, 11) is 0. The maximum atomic E-state index is 4.35. The molecule has 5 heteroatoms. The molecule has 0 saturated carbocycles. The number of nitrogens with zero attached hydrogens (tertiary/aromatic N) is 2. The lowest BCUT2D eigenvalue weighted by Crippen LogP contribution is -2.24. The molecule has 0 aliphatic carbocycles. The molecular formula is C11H16N4S. The Morgan fingerprint density at radius 3 is 2.94 bits per heavy atom.